The molecule has 0 fully saturated rings. The summed E-state index contributed by atoms with van der Waals surface area (Å²) in [5.74, 6) is 0.391. The molecule has 3 aromatic rings. The Morgan fingerprint density at radius 1 is 1.10 bits per heavy atom. The topological polar surface area (TPSA) is 77.5 Å². The summed E-state index contributed by atoms with van der Waals surface area (Å²) in [7, 11) is 1.48. The highest BCUT2D eigenvalue weighted by Crippen LogP contribution is 2.29. The SMILES string of the molecule is CCc1ccc(-c2csc(NC(=O)COc3ccc(C(C)=O)cc3OC)n2)cc1. The molecule has 0 unspecified atom stereocenters. The summed E-state index contributed by atoms with van der Waals surface area (Å²) in [6.45, 7) is 3.39. The summed E-state index contributed by atoms with van der Waals surface area (Å²) < 4.78 is 10.8. The van der Waals surface area contributed by atoms with Crippen molar-refractivity contribution in [1.82, 2.24) is 4.98 Å². The van der Waals surface area contributed by atoms with Crippen molar-refractivity contribution in [3.63, 3.8) is 0 Å². The van der Waals surface area contributed by atoms with E-state index in [9.17, 15) is 9.59 Å². The molecule has 3 rings (SSSR count). The van der Waals surface area contributed by atoms with Crippen LogP contribution in [0.4, 0.5) is 5.13 Å². The number of thiazole rings is 1. The molecular weight excluding hydrogens is 388 g/mol. The number of anilines is 1. The van der Waals surface area contributed by atoms with Gasteiger partial charge in [0, 0.05) is 16.5 Å². The van der Waals surface area contributed by atoms with Crippen LogP contribution in [0, 0.1) is 0 Å². The molecule has 1 aromatic heterocycles. The number of carbonyl (C=O) groups is 2. The summed E-state index contributed by atoms with van der Waals surface area (Å²) in [5, 5.41) is 5.15. The van der Waals surface area contributed by atoms with Crippen LogP contribution in [0.2, 0.25) is 0 Å². The number of hydrogen-bond donors (Lipinski definition) is 1. The van der Waals surface area contributed by atoms with Gasteiger partial charge in [-0.05, 0) is 37.1 Å². The molecular formula is C22H22N2O4S. The second-order valence-corrected chi connectivity index (χ2v) is 7.21. The third kappa shape index (κ3) is 5.20. The number of ketones is 1. The standard InChI is InChI=1S/C22H22N2O4S/c1-4-15-5-7-16(8-6-15)18-13-29-22(23-18)24-21(26)12-28-19-10-9-17(14(2)25)11-20(19)27-3/h5-11,13H,4,12H2,1-3H3,(H,23,24,26). The fraction of sp³-hybridized carbons (Fsp3) is 0.227. The highest BCUT2D eigenvalue weighted by molar-refractivity contribution is 7.14. The van der Waals surface area contributed by atoms with Gasteiger partial charge in [-0.25, -0.2) is 4.98 Å². The Balaban J connectivity index is 1.60. The lowest BCUT2D eigenvalue weighted by molar-refractivity contribution is -0.118. The number of hydrogen-bond acceptors (Lipinski definition) is 6. The highest BCUT2D eigenvalue weighted by Gasteiger charge is 2.12. The highest BCUT2D eigenvalue weighted by atomic mass is 32.1. The van der Waals surface area contributed by atoms with E-state index in [1.807, 2.05) is 17.5 Å². The Kier molecular flexibility index (Phi) is 6.61. The first-order valence-corrected chi connectivity index (χ1v) is 10.0. The molecule has 2 aromatic carbocycles. The second-order valence-electron chi connectivity index (χ2n) is 6.35. The summed E-state index contributed by atoms with van der Waals surface area (Å²) >= 11 is 1.36. The first kappa shape index (κ1) is 20.5. The monoisotopic (exact) mass is 410 g/mol. The van der Waals surface area contributed by atoms with Crippen LogP contribution in [0.15, 0.2) is 47.8 Å². The van der Waals surface area contributed by atoms with Gasteiger partial charge in [0.15, 0.2) is 29.0 Å². The van der Waals surface area contributed by atoms with E-state index in [1.54, 1.807) is 18.2 Å². The van der Waals surface area contributed by atoms with E-state index < -0.39 is 0 Å². The maximum Gasteiger partial charge on any atom is 0.264 e. The van der Waals surface area contributed by atoms with Crippen LogP contribution in [0.3, 0.4) is 0 Å². The molecule has 29 heavy (non-hydrogen) atoms. The van der Waals surface area contributed by atoms with E-state index in [0.29, 0.717) is 22.2 Å². The maximum atomic E-state index is 12.2. The van der Waals surface area contributed by atoms with Crippen molar-refractivity contribution in [2.45, 2.75) is 20.3 Å². The van der Waals surface area contributed by atoms with Gasteiger partial charge in [0.1, 0.15) is 0 Å². The van der Waals surface area contributed by atoms with Gasteiger partial charge in [-0.3, -0.25) is 14.9 Å². The number of aromatic nitrogens is 1. The number of aryl methyl sites for hydroxylation is 1. The molecule has 0 atom stereocenters. The van der Waals surface area contributed by atoms with Crippen LogP contribution in [-0.2, 0) is 11.2 Å². The van der Waals surface area contributed by atoms with Gasteiger partial charge < -0.3 is 9.47 Å². The summed E-state index contributed by atoms with van der Waals surface area (Å²) in [5.41, 5.74) is 3.60. The van der Waals surface area contributed by atoms with Gasteiger partial charge in [-0.15, -0.1) is 11.3 Å². The predicted molar refractivity (Wildman–Crippen MR) is 114 cm³/mol. The van der Waals surface area contributed by atoms with Gasteiger partial charge in [0.25, 0.3) is 5.91 Å². The third-order valence-corrected chi connectivity index (χ3v) is 5.10. The van der Waals surface area contributed by atoms with Gasteiger partial charge in [0.2, 0.25) is 0 Å². The zero-order valence-corrected chi connectivity index (χ0v) is 17.3. The minimum atomic E-state index is -0.329. The minimum Gasteiger partial charge on any atom is -0.493 e. The molecule has 6 nitrogen and oxygen atoms in total. The molecule has 1 N–H and O–H groups in total. The Labute approximate surface area is 173 Å². The molecule has 1 amide bonds. The Morgan fingerprint density at radius 3 is 2.52 bits per heavy atom. The van der Waals surface area contributed by atoms with E-state index in [4.69, 9.17) is 9.47 Å². The fourth-order valence-electron chi connectivity index (χ4n) is 2.68. The fourth-order valence-corrected chi connectivity index (χ4v) is 3.42. The Morgan fingerprint density at radius 2 is 1.86 bits per heavy atom. The number of benzene rings is 2. The lowest BCUT2D eigenvalue weighted by Gasteiger charge is -2.11. The largest absolute Gasteiger partial charge is 0.493 e. The van der Waals surface area contributed by atoms with Gasteiger partial charge in [0.05, 0.1) is 12.8 Å². The van der Waals surface area contributed by atoms with E-state index >= 15 is 0 Å². The zero-order chi connectivity index (χ0) is 20.8. The summed E-state index contributed by atoms with van der Waals surface area (Å²) in [6, 6.07) is 13.0. The van der Waals surface area contributed by atoms with E-state index in [-0.39, 0.29) is 18.3 Å². The number of Topliss-reactive ketones (excluding diaryl/α,β-unsaturated/α-hetero) is 1. The quantitative estimate of drug-likeness (QED) is 0.549. The predicted octanol–water partition coefficient (Wildman–Crippen LogP) is 4.60. The molecule has 0 spiro atoms. The van der Waals surface area contributed by atoms with Crippen LogP contribution < -0.4 is 14.8 Å². The van der Waals surface area contributed by atoms with Crippen molar-refractivity contribution >= 4 is 28.2 Å². The zero-order valence-electron chi connectivity index (χ0n) is 16.5. The Hall–Kier alpha value is -3.19. The van der Waals surface area contributed by atoms with Gasteiger partial charge >= 0.3 is 0 Å². The lowest BCUT2D eigenvalue weighted by atomic mass is 10.1. The van der Waals surface area contributed by atoms with Crippen molar-refractivity contribution < 1.29 is 19.1 Å². The number of nitrogens with one attached hydrogen (secondary N) is 1. The molecule has 7 heteroatoms. The Bertz CT molecular complexity index is 1010. The van der Waals surface area contributed by atoms with Crippen molar-refractivity contribution in [3.05, 3.63) is 59.0 Å². The van der Waals surface area contributed by atoms with Crippen LogP contribution in [0.25, 0.3) is 11.3 Å². The number of nitrogens with zero attached hydrogens (tertiary/aromatic N) is 1. The smallest absolute Gasteiger partial charge is 0.264 e. The average molecular weight is 410 g/mol. The first-order valence-electron chi connectivity index (χ1n) is 9.16. The average Bonchev–Trinajstić information content (AvgIpc) is 3.20. The van der Waals surface area contributed by atoms with E-state index in [1.165, 1.54) is 30.9 Å². The van der Waals surface area contributed by atoms with Crippen LogP contribution in [-0.4, -0.2) is 30.4 Å². The molecule has 0 saturated heterocycles. The minimum absolute atomic E-state index is 0.0727. The first-order chi connectivity index (χ1) is 14.0. The number of carbonyl (C=O) groups excluding carboxylic acids is 2. The number of ether oxygens (including phenoxy) is 2. The van der Waals surface area contributed by atoms with Crippen molar-refractivity contribution in [3.8, 4) is 22.8 Å². The number of methoxy groups -OCH3 is 1. The van der Waals surface area contributed by atoms with Crippen LogP contribution in [0.1, 0.15) is 29.8 Å². The van der Waals surface area contributed by atoms with Crippen LogP contribution >= 0.6 is 11.3 Å². The van der Waals surface area contributed by atoms with E-state index in [2.05, 4.69) is 29.4 Å². The van der Waals surface area contributed by atoms with Crippen molar-refractivity contribution in [2.75, 3.05) is 19.0 Å². The number of amides is 1. The maximum absolute atomic E-state index is 12.2. The summed E-state index contributed by atoms with van der Waals surface area (Å²) in [4.78, 5) is 28.2. The molecule has 0 aliphatic heterocycles. The number of rotatable bonds is 8. The molecule has 0 bridgehead atoms. The second kappa shape index (κ2) is 9.34. The molecule has 0 radical (unpaired) electrons. The molecule has 0 aliphatic rings. The molecule has 0 saturated carbocycles. The lowest BCUT2D eigenvalue weighted by Crippen LogP contribution is -2.20. The third-order valence-electron chi connectivity index (χ3n) is 4.34. The van der Waals surface area contributed by atoms with Crippen molar-refractivity contribution in [1.29, 1.82) is 0 Å². The van der Waals surface area contributed by atoms with Gasteiger partial charge in [-0.1, -0.05) is 31.2 Å². The van der Waals surface area contributed by atoms with Crippen molar-refractivity contribution in [2.24, 2.45) is 0 Å². The van der Waals surface area contributed by atoms with Gasteiger partial charge in [-0.2, -0.15) is 0 Å². The molecule has 0 aliphatic carbocycles. The van der Waals surface area contributed by atoms with E-state index in [0.717, 1.165) is 17.7 Å². The molecule has 1 heterocycles. The summed E-state index contributed by atoms with van der Waals surface area (Å²) in [6.07, 6.45) is 0.987. The van der Waals surface area contributed by atoms with Crippen LogP contribution in [0.5, 0.6) is 11.5 Å². The molecule has 150 valence electrons. The normalized spacial score (nSPS) is 10.4.